The lowest BCUT2D eigenvalue weighted by atomic mass is 10.1. The highest BCUT2D eigenvalue weighted by Gasteiger charge is 2.41. The molecule has 5 heteroatoms. The number of benzene rings is 1. The molecule has 0 amide bonds. The van der Waals surface area contributed by atoms with Gasteiger partial charge in [0.25, 0.3) is 0 Å². The summed E-state index contributed by atoms with van der Waals surface area (Å²) in [5.41, 5.74) is 6.89. The molecule has 2 N–H and O–H groups in total. The maximum absolute atomic E-state index is 6.02. The van der Waals surface area contributed by atoms with Gasteiger partial charge in [-0.25, -0.2) is 0 Å². The van der Waals surface area contributed by atoms with E-state index in [0.717, 1.165) is 5.56 Å². The quantitative estimate of drug-likeness (QED) is 0.736. The topological polar surface area (TPSA) is 53.7 Å². The molecule has 0 saturated carbocycles. The fourth-order valence-corrected chi connectivity index (χ4v) is 3.88. The summed E-state index contributed by atoms with van der Waals surface area (Å²) in [5.74, 6) is 0. The first-order chi connectivity index (χ1) is 8.67. The van der Waals surface area contributed by atoms with E-state index in [2.05, 4.69) is 0 Å². The first-order valence-electron chi connectivity index (χ1n) is 6.38. The molecule has 0 aliphatic rings. The normalized spacial score (nSPS) is 13.6. The molecule has 1 aromatic rings. The first-order valence-corrected chi connectivity index (χ1v) is 8.31. The molecule has 0 radical (unpaired) electrons. The van der Waals surface area contributed by atoms with Crippen LogP contribution in [0, 0.1) is 0 Å². The highest BCUT2D eigenvalue weighted by Crippen LogP contribution is 2.22. The van der Waals surface area contributed by atoms with Crippen LogP contribution in [0.3, 0.4) is 0 Å². The van der Waals surface area contributed by atoms with Crippen LogP contribution in [0.4, 0.5) is 0 Å². The molecule has 0 spiro atoms. The minimum absolute atomic E-state index is 0.0838. The van der Waals surface area contributed by atoms with Crippen LogP contribution in [0.5, 0.6) is 0 Å². The zero-order chi connectivity index (χ0) is 13.4. The molecule has 102 valence electrons. The summed E-state index contributed by atoms with van der Waals surface area (Å²) in [6, 6.07) is 10.0. The molecular weight excluding hydrogens is 246 g/mol. The Morgan fingerprint density at radius 1 is 1.11 bits per heavy atom. The van der Waals surface area contributed by atoms with Gasteiger partial charge in [0, 0.05) is 13.2 Å². The first kappa shape index (κ1) is 15.3. The van der Waals surface area contributed by atoms with Gasteiger partial charge in [0.15, 0.2) is 0 Å². The summed E-state index contributed by atoms with van der Waals surface area (Å²) in [4.78, 5) is 0. The number of rotatable bonds is 8. The molecule has 0 fully saturated rings. The Hall–Kier alpha value is -0.723. The lowest BCUT2D eigenvalue weighted by Gasteiger charge is -2.30. The average Bonchev–Trinajstić information content (AvgIpc) is 2.40. The highest BCUT2D eigenvalue weighted by atomic mass is 28.4. The fraction of sp³-hybridized carbons (Fsp3) is 0.538. The Bertz CT molecular complexity index is 328. The molecule has 0 heterocycles. The van der Waals surface area contributed by atoms with Crippen molar-refractivity contribution in [3.63, 3.8) is 0 Å². The predicted octanol–water partition coefficient (Wildman–Crippen LogP) is 2.27. The molecule has 1 aromatic carbocycles. The third-order valence-corrected chi connectivity index (χ3v) is 5.27. The number of nitrogens with two attached hydrogens (primary N) is 1. The standard InChI is InChI=1S/C13H23NO3Si/c1-4-15-18(11-14,16-5-2)17-12(3)13-9-7-6-8-10-13/h6-10,12H,4-5,11,14H2,1-3H3. The summed E-state index contributed by atoms with van der Waals surface area (Å²) in [5, 5.41) is 0. The van der Waals surface area contributed by atoms with Crippen molar-refractivity contribution in [2.24, 2.45) is 5.73 Å². The van der Waals surface area contributed by atoms with E-state index in [9.17, 15) is 0 Å². The van der Waals surface area contributed by atoms with E-state index in [-0.39, 0.29) is 6.10 Å². The van der Waals surface area contributed by atoms with Crippen molar-refractivity contribution in [2.45, 2.75) is 26.9 Å². The molecule has 0 aromatic heterocycles. The zero-order valence-corrected chi connectivity index (χ0v) is 12.4. The predicted molar refractivity (Wildman–Crippen MR) is 74.0 cm³/mol. The van der Waals surface area contributed by atoms with Crippen molar-refractivity contribution in [3.05, 3.63) is 35.9 Å². The molecule has 1 unspecified atom stereocenters. The Morgan fingerprint density at radius 3 is 2.11 bits per heavy atom. The molecule has 0 saturated heterocycles. The summed E-state index contributed by atoms with van der Waals surface area (Å²) >= 11 is 0. The maximum atomic E-state index is 6.02. The molecule has 1 atom stereocenters. The molecular formula is C13H23NO3Si. The van der Waals surface area contributed by atoms with Gasteiger partial charge in [-0.2, -0.15) is 0 Å². The van der Waals surface area contributed by atoms with Crippen molar-refractivity contribution in [1.82, 2.24) is 0 Å². The third kappa shape index (κ3) is 4.19. The van der Waals surface area contributed by atoms with E-state index in [1.54, 1.807) is 0 Å². The van der Waals surface area contributed by atoms with Crippen LogP contribution in [0.15, 0.2) is 30.3 Å². The Kier molecular flexibility index (Phi) is 6.52. The lowest BCUT2D eigenvalue weighted by molar-refractivity contribution is 0.0391. The average molecular weight is 269 g/mol. The second-order valence-electron chi connectivity index (χ2n) is 3.92. The second-order valence-corrected chi connectivity index (χ2v) is 6.51. The van der Waals surface area contributed by atoms with Gasteiger partial charge in [-0.3, -0.25) is 0 Å². The highest BCUT2D eigenvalue weighted by molar-refractivity contribution is 6.60. The van der Waals surface area contributed by atoms with Crippen molar-refractivity contribution >= 4 is 8.80 Å². The summed E-state index contributed by atoms with van der Waals surface area (Å²) in [6.45, 7) is 6.93. The van der Waals surface area contributed by atoms with Gasteiger partial charge in [0.1, 0.15) is 0 Å². The summed E-state index contributed by atoms with van der Waals surface area (Å²) in [6.07, 6.45) is 0.214. The fourth-order valence-electron chi connectivity index (χ4n) is 1.78. The van der Waals surface area contributed by atoms with Crippen molar-refractivity contribution in [3.8, 4) is 0 Å². The van der Waals surface area contributed by atoms with Gasteiger partial charge in [-0.05, 0) is 26.3 Å². The van der Waals surface area contributed by atoms with Crippen LogP contribution in [-0.4, -0.2) is 28.2 Å². The van der Waals surface area contributed by atoms with E-state index < -0.39 is 8.80 Å². The van der Waals surface area contributed by atoms with E-state index in [4.69, 9.17) is 19.0 Å². The van der Waals surface area contributed by atoms with Gasteiger partial charge < -0.3 is 19.0 Å². The van der Waals surface area contributed by atoms with E-state index in [0.29, 0.717) is 19.4 Å². The Morgan fingerprint density at radius 2 is 1.67 bits per heavy atom. The van der Waals surface area contributed by atoms with Gasteiger partial charge >= 0.3 is 8.80 Å². The molecule has 0 aliphatic heterocycles. The van der Waals surface area contributed by atoms with Crippen molar-refractivity contribution < 1.29 is 13.3 Å². The van der Waals surface area contributed by atoms with Crippen LogP contribution < -0.4 is 5.73 Å². The summed E-state index contributed by atoms with van der Waals surface area (Å²) < 4.78 is 17.4. The van der Waals surface area contributed by atoms with Gasteiger partial charge in [0.2, 0.25) is 0 Å². The molecule has 0 bridgehead atoms. The second kappa shape index (κ2) is 7.65. The molecule has 1 rings (SSSR count). The van der Waals surface area contributed by atoms with E-state index >= 15 is 0 Å². The lowest BCUT2D eigenvalue weighted by Crippen LogP contribution is -2.53. The molecule has 0 aliphatic carbocycles. The summed E-state index contributed by atoms with van der Waals surface area (Å²) in [7, 11) is -2.74. The molecule has 18 heavy (non-hydrogen) atoms. The van der Waals surface area contributed by atoms with Crippen LogP contribution in [0.1, 0.15) is 32.4 Å². The van der Waals surface area contributed by atoms with Crippen molar-refractivity contribution in [2.75, 3.05) is 19.4 Å². The molecule has 4 nitrogen and oxygen atoms in total. The van der Waals surface area contributed by atoms with Gasteiger partial charge in [-0.15, -0.1) is 0 Å². The maximum Gasteiger partial charge on any atom is 0.515 e. The monoisotopic (exact) mass is 269 g/mol. The number of hydrogen-bond donors (Lipinski definition) is 1. The Balaban J connectivity index is 2.76. The van der Waals surface area contributed by atoms with Crippen molar-refractivity contribution in [1.29, 1.82) is 0 Å². The van der Waals surface area contributed by atoms with E-state index in [1.807, 2.05) is 51.1 Å². The zero-order valence-electron chi connectivity index (χ0n) is 11.4. The van der Waals surface area contributed by atoms with Crippen LogP contribution >= 0.6 is 0 Å². The van der Waals surface area contributed by atoms with Crippen LogP contribution in [0.2, 0.25) is 0 Å². The minimum Gasteiger partial charge on any atom is -0.373 e. The number of hydrogen-bond acceptors (Lipinski definition) is 4. The third-order valence-electron chi connectivity index (χ3n) is 2.60. The largest absolute Gasteiger partial charge is 0.515 e. The van der Waals surface area contributed by atoms with E-state index in [1.165, 1.54) is 0 Å². The van der Waals surface area contributed by atoms with Gasteiger partial charge in [0.05, 0.1) is 12.3 Å². The Labute approximate surface area is 110 Å². The van der Waals surface area contributed by atoms with Gasteiger partial charge in [-0.1, -0.05) is 30.3 Å². The van der Waals surface area contributed by atoms with Crippen LogP contribution in [0.25, 0.3) is 0 Å². The van der Waals surface area contributed by atoms with Crippen LogP contribution in [-0.2, 0) is 13.3 Å². The SMILES string of the molecule is CCO[Si](CN)(OCC)OC(C)c1ccccc1. The minimum atomic E-state index is -2.74. The smallest absolute Gasteiger partial charge is 0.373 e.